The van der Waals surface area contributed by atoms with Crippen LogP contribution in [0.2, 0.25) is 5.02 Å². The molecule has 0 amide bonds. The van der Waals surface area contributed by atoms with Crippen LogP contribution in [-0.2, 0) is 0 Å². The molecule has 1 aliphatic rings. The second-order valence-electron chi connectivity index (χ2n) is 4.84. The molecule has 3 atom stereocenters. The van der Waals surface area contributed by atoms with Crippen molar-refractivity contribution in [1.29, 1.82) is 0 Å². The summed E-state index contributed by atoms with van der Waals surface area (Å²) in [6, 6.07) is 4.84. The van der Waals surface area contributed by atoms with E-state index in [-0.39, 0.29) is 16.9 Å². The van der Waals surface area contributed by atoms with Gasteiger partial charge in [-0.15, -0.1) is 0 Å². The van der Waals surface area contributed by atoms with E-state index in [1.165, 1.54) is 12.5 Å². The molecule has 94 valence electrons. The normalized spacial score (nSPS) is 24.7. The molecule has 2 nitrogen and oxygen atoms in total. The van der Waals surface area contributed by atoms with Gasteiger partial charge in [-0.05, 0) is 42.5 Å². The van der Waals surface area contributed by atoms with E-state index < -0.39 is 0 Å². The molecule has 0 bridgehead atoms. The van der Waals surface area contributed by atoms with E-state index >= 15 is 0 Å². The Morgan fingerprint density at radius 2 is 2.29 bits per heavy atom. The van der Waals surface area contributed by atoms with E-state index in [1.807, 2.05) is 0 Å². The molecule has 3 N–H and O–H groups in total. The number of hydrogen-bond donors (Lipinski definition) is 2. The molecular formula is C13H18ClFN2. The summed E-state index contributed by atoms with van der Waals surface area (Å²) in [5.74, 6) is 1.19. The lowest BCUT2D eigenvalue weighted by molar-refractivity contribution is 0.510. The molecule has 0 spiro atoms. The molecule has 1 aliphatic carbocycles. The maximum absolute atomic E-state index is 13.1. The summed E-state index contributed by atoms with van der Waals surface area (Å²) in [7, 11) is 0. The van der Waals surface area contributed by atoms with Crippen LogP contribution in [0.4, 0.5) is 4.39 Å². The van der Waals surface area contributed by atoms with Crippen molar-refractivity contribution in [3.05, 3.63) is 34.6 Å². The molecular weight excluding hydrogens is 239 g/mol. The summed E-state index contributed by atoms with van der Waals surface area (Å²) < 4.78 is 13.1. The van der Waals surface area contributed by atoms with E-state index in [0.29, 0.717) is 6.54 Å². The van der Waals surface area contributed by atoms with Gasteiger partial charge < -0.3 is 11.1 Å². The third-order valence-electron chi connectivity index (χ3n) is 3.48. The molecule has 0 radical (unpaired) electrons. The van der Waals surface area contributed by atoms with E-state index in [0.717, 1.165) is 23.9 Å². The van der Waals surface area contributed by atoms with Crippen LogP contribution in [0.1, 0.15) is 24.9 Å². The van der Waals surface area contributed by atoms with Crippen molar-refractivity contribution in [2.24, 2.45) is 17.6 Å². The number of benzene rings is 1. The molecule has 17 heavy (non-hydrogen) atoms. The standard InChI is InChI=1S/C13H18ClFN2/c1-8-4-10(8)7-17-13(6-16)9-2-3-12(15)11(14)5-9/h2-3,5,8,10,13,17H,4,6-7,16H2,1H3. The minimum atomic E-state index is -0.387. The molecule has 3 unspecified atom stereocenters. The fourth-order valence-corrected chi connectivity index (χ4v) is 2.23. The first-order chi connectivity index (χ1) is 8.11. The maximum atomic E-state index is 13.1. The van der Waals surface area contributed by atoms with Crippen molar-refractivity contribution >= 4 is 11.6 Å². The van der Waals surface area contributed by atoms with Crippen molar-refractivity contribution in [2.75, 3.05) is 13.1 Å². The van der Waals surface area contributed by atoms with Crippen molar-refractivity contribution in [2.45, 2.75) is 19.4 Å². The van der Waals surface area contributed by atoms with E-state index in [4.69, 9.17) is 17.3 Å². The summed E-state index contributed by atoms with van der Waals surface area (Å²) >= 11 is 5.77. The summed E-state index contributed by atoms with van der Waals surface area (Å²) in [4.78, 5) is 0. The Balaban J connectivity index is 1.98. The summed E-state index contributed by atoms with van der Waals surface area (Å²) in [6.45, 7) is 3.71. The number of rotatable bonds is 5. The van der Waals surface area contributed by atoms with Gasteiger partial charge in [0.25, 0.3) is 0 Å². The van der Waals surface area contributed by atoms with Crippen molar-refractivity contribution in [3.8, 4) is 0 Å². The first-order valence-corrected chi connectivity index (χ1v) is 6.38. The molecule has 1 fully saturated rings. The van der Waals surface area contributed by atoms with Crippen LogP contribution in [0.25, 0.3) is 0 Å². The number of hydrogen-bond acceptors (Lipinski definition) is 2. The summed E-state index contributed by atoms with van der Waals surface area (Å²) in [5.41, 5.74) is 6.69. The fraction of sp³-hybridized carbons (Fsp3) is 0.538. The molecule has 1 aromatic carbocycles. The topological polar surface area (TPSA) is 38.0 Å². The second kappa shape index (κ2) is 5.34. The fourth-order valence-electron chi connectivity index (χ4n) is 2.04. The molecule has 0 aliphatic heterocycles. The van der Waals surface area contributed by atoms with Crippen molar-refractivity contribution in [1.82, 2.24) is 5.32 Å². The van der Waals surface area contributed by atoms with Gasteiger partial charge >= 0.3 is 0 Å². The van der Waals surface area contributed by atoms with Gasteiger partial charge in [0.1, 0.15) is 5.82 Å². The van der Waals surface area contributed by atoms with Gasteiger partial charge in [0.2, 0.25) is 0 Å². The summed E-state index contributed by atoms with van der Waals surface area (Å²) in [5, 5.41) is 3.57. The Bertz CT molecular complexity index is 397. The first kappa shape index (κ1) is 12.8. The van der Waals surface area contributed by atoms with Crippen LogP contribution in [0.15, 0.2) is 18.2 Å². The number of nitrogens with two attached hydrogens (primary N) is 1. The molecule has 0 aromatic heterocycles. The quantitative estimate of drug-likeness (QED) is 0.850. The highest BCUT2D eigenvalue weighted by Gasteiger charge is 2.32. The Morgan fingerprint density at radius 1 is 1.59 bits per heavy atom. The highest BCUT2D eigenvalue weighted by molar-refractivity contribution is 6.30. The van der Waals surface area contributed by atoms with Crippen LogP contribution >= 0.6 is 11.6 Å². The highest BCUT2D eigenvalue weighted by atomic mass is 35.5. The first-order valence-electron chi connectivity index (χ1n) is 6.00. The lowest BCUT2D eigenvalue weighted by Gasteiger charge is -2.17. The van der Waals surface area contributed by atoms with E-state index in [2.05, 4.69) is 12.2 Å². The Hall–Kier alpha value is -0.640. The van der Waals surface area contributed by atoms with Crippen LogP contribution in [0, 0.1) is 17.7 Å². The van der Waals surface area contributed by atoms with E-state index in [9.17, 15) is 4.39 Å². The monoisotopic (exact) mass is 256 g/mol. The largest absolute Gasteiger partial charge is 0.329 e. The van der Waals surface area contributed by atoms with Crippen molar-refractivity contribution in [3.63, 3.8) is 0 Å². The molecule has 0 heterocycles. The summed E-state index contributed by atoms with van der Waals surface area (Å²) in [6.07, 6.45) is 1.29. The third-order valence-corrected chi connectivity index (χ3v) is 3.77. The van der Waals surface area contributed by atoms with Gasteiger partial charge in [-0.25, -0.2) is 4.39 Å². The molecule has 1 aromatic rings. The highest BCUT2D eigenvalue weighted by Crippen LogP contribution is 2.37. The molecule has 1 saturated carbocycles. The van der Waals surface area contributed by atoms with Crippen LogP contribution in [0.3, 0.4) is 0 Å². The smallest absolute Gasteiger partial charge is 0.141 e. The average molecular weight is 257 g/mol. The maximum Gasteiger partial charge on any atom is 0.141 e. The van der Waals surface area contributed by atoms with E-state index in [1.54, 1.807) is 12.1 Å². The van der Waals surface area contributed by atoms with Gasteiger partial charge in [-0.1, -0.05) is 24.6 Å². The third kappa shape index (κ3) is 3.18. The number of nitrogens with one attached hydrogen (secondary N) is 1. The van der Waals surface area contributed by atoms with Crippen molar-refractivity contribution < 1.29 is 4.39 Å². The minimum Gasteiger partial charge on any atom is -0.329 e. The zero-order valence-corrected chi connectivity index (χ0v) is 10.7. The predicted molar refractivity (Wildman–Crippen MR) is 68.5 cm³/mol. The second-order valence-corrected chi connectivity index (χ2v) is 5.25. The lowest BCUT2D eigenvalue weighted by atomic mass is 10.1. The van der Waals surface area contributed by atoms with Crippen LogP contribution in [-0.4, -0.2) is 13.1 Å². The molecule has 2 rings (SSSR count). The SMILES string of the molecule is CC1CC1CNC(CN)c1ccc(F)c(Cl)c1. The van der Waals surface area contributed by atoms with Gasteiger partial charge in [-0.2, -0.15) is 0 Å². The zero-order valence-electron chi connectivity index (χ0n) is 9.92. The van der Waals surface area contributed by atoms with Gasteiger partial charge in [0, 0.05) is 12.6 Å². The minimum absolute atomic E-state index is 0.0564. The van der Waals surface area contributed by atoms with Gasteiger partial charge in [0.15, 0.2) is 0 Å². The average Bonchev–Trinajstić information content (AvgIpc) is 3.00. The molecule has 0 saturated heterocycles. The van der Waals surface area contributed by atoms with Crippen LogP contribution in [0.5, 0.6) is 0 Å². The lowest BCUT2D eigenvalue weighted by Crippen LogP contribution is -2.30. The Labute approximate surface area is 106 Å². The Kier molecular flexibility index (Phi) is 4.02. The zero-order chi connectivity index (χ0) is 12.4. The van der Waals surface area contributed by atoms with Gasteiger partial charge in [0.05, 0.1) is 5.02 Å². The number of halogens is 2. The van der Waals surface area contributed by atoms with Gasteiger partial charge in [-0.3, -0.25) is 0 Å². The predicted octanol–water partition coefficient (Wildman–Crippen LogP) is 2.72. The Morgan fingerprint density at radius 3 is 2.82 bits per heavy atom. The van der Waals surface area contributed by atoms with Crippen LogP contribution < -0.4 is 11.1 Å². The molecule has 4 heteroatoms.